The molecule has 1 aliphatic heterocycles. The maximum Gasteiger partial charge on any atom is 0.110 e. The maximum absolute atomic E-state index is 5.82. The number of ether oxygens (including phenoxy) is 1. The zero-order chi connectivity index (χ0) is 10.2. The molecule has 1 heterocycles. The van der Waals surface area contributed by atoms with Crippen LogP contribution in [0, 0.1) is 0 Å². The van der Waals surface area contributed by atoms with Crippen LogP contribution in [0.3, 0.4) is 0 Å². The molecule has 0 aromatic carbocycles. The van der Waals surface area contributed by atoms with Crippen LogP contribution in [-0.2, 0) is 4.74 Å². The van der Waals surface area contributed by atoms with Crippen LogP contribution in [0.2, 0.25) is 0 Å². The summed E-state index contributed by atoms with van der Waals surface area (Å²) >= 11 is 0. The van der Waals surface area contributed by atoms with E-state index < -0.39 is 0 Å². The Bertz CT molecular complexity index is 132. The quantitative estimate of drug-likeness (QED) is 0.652. The Labute approximate surface area is 88.6 Å². The lowest BCUT2D eigenvalue weighted by atomic mass is 10.1. The van der Waals surface area contributed by atoms with Gasteiger partial charge in [-0.05, 0) is 32.1 Å². The van der Waals surface area contributed by atoms with E-state index in [9.17, 15) is 0 Å². The summed E-state index contributed by atoms with van der Waals surface area (Å²) in [7, 11) is 0. The van der Waals surface area contributed by atoms with Crippen LogP contribution in [0.1, 0.15) is 52.4 Å². The zero-order valence-electron chi connectivity index (χ0n) is 9.80. The summed E-state index contributed by atoms with van der Waals surface area (Å²) in [6.07, 6.45) is 8.09. The van der Waals surface area contributed by atoms with Gasteiger partial charge in [0.25, 0.3) is 0 Å². The van der Waals surface area contributed by atoms with Crippen molar-refractivity contribution in [3.05, 3.63) is 0 Å². The minimum atomic E-state index is 0.426. The van der Waals surface area contributed by atoms with E-state index in [2.05, 4.69) is 18.7 Å². The van der Waals surface area contributed by atoms with Gasteiger partial charge in [0.15, 0.2) is 0 Å². The molecule has 1 rings (SSSR count). The van der Waals surface area contributed by atoms with Crippen molar-refractivity contribution in [2.45, 2.75) is 58.6 Å². The topological polar surface area (TPSA) is 12.5 Å². The summed E-state index contributed by atoms with van der Waals surface area (Å²) in [6, 6.07) is 0. The molecule has 0 saturated carbocycles. The molecule has 1 saturated heterocycles. The third-order valence-electron chi connectivity index (χ3n) is 2.87. The maximum atomic E-state index is 5.82. The van der Waals surface area contributed by atoms with Crippen molar-refractivity contribution in [1.29, 1.82) is 0 Å². The molecular weight excluding hydrogens is 174 g/mol. The Morgan fingerprint density at radius 3 is 2.57 bits per heavy atom. The lowest BCUT2D eigenvalue weighted by molar-refractivity contribution is -0.0860. The molecule has 0 aliphatic carbocycles. The summed E-state index contributed by atoms with van der Waals surface area (Å²) in [5.74, 6) is 0. The molecule has 0 radical (unpaired) electrons. The number of hydrogen-bond acceptors (Lipinski definition) is 2. The van der Waals surface area contributed by atoms with Crippen LogP contribution in [0.15, 0.2) is 0 Å². The first-order valence-corrected chi connectivity index (χ1v) is 6.24. The molecule has 1 atom stereocenters. The first-order chi connectivity index (χ1) is 6.88. The minimum absolute atomic E-state index is 0.426. The highest BCUT2D eigenvalue weighted by Gasteiger charge is 2.20. The van der Waals surface area contributed by atoms with E-state index in [0.717, 1.165) is 6.61 Å². The highest BCUT2D eigenvalue weighted by atomic mass is 16.5. The Morgan fingerprint density at radius 1 is 1.14 bits per heavy atom. The monoisotopic (exact) mass is 199 g/mol. The van der Waals surface area contributed by atoms with Crippen LogP contribution >= 0.6 is 0 Å². The van der Waals surface area contributed by atoms with Gasteiger partial charge in [-0.15, -0.1) is 0 Å². The average Bonchev–Trinajstić information content (AvgIpc) is 2.25. The second kappa shape index (κ2) is 7.24. The molecule has 2 nitrogen and oxygen atoms in total. The molecule has 0 amide bonds. The van der Waals surface area contributed by atoms with E-state index in [-0.39, 0.29) is 0 Å². The van der Waals surface area contributed by atoms with Gasteiger partial charge in [-0.3, -0.25) is 4.90 Å². The summed E-state index contributed by atoms with van der Waals surface area (Å²) in [4.78, 5) is 2.53. The SMILES string of the molecule is CCCCN(CCC)C1CCCCO1. The Morgan fingerprint density at radius 2 is 2.00 bits per heavy atom. The first-order valence-electron chi connectivity index (χ1n) is 6.24. The van der Waals surface area contributed by atoms with Crippen molar-refractivity contribution >= 4 is 0 Å². The van der Waals surface area contributed by atoms with Crippen LogP contribution in [0.5, 0.6) is 0 Å². The van der Waals surface area contributed by atoms with E-state index in [0.29, 0.717) is 6.23 Å². The van der Waals surface area contributed by atoms with Gasteiger partial charge in [0.2, 0.25) is 0 Å². The highest BCUT2D eigenvalue weighted by molar-refractivity contribution is 4.66. The molecule has 1 fully saturated rings. The molecular formula is C12H25NO. The van der Waals surface area contributed by atoms with E-state index in [1.165, 1.54) is 51.6 Å². The van der Waals surface area contributed by atoms with Gasteiger partial charge < -0.3 is 4.74 Å². The van der Waals surface area contributed by atoms with E-state index in [1.807, 2.05) is 0 Å². The van der Waals surface area contributed by atoms with Gasteiger partial charge in [0.05, 0.1) is 0 Å². The van der Waals surface area contributed by atoms with Gasteiger partial charge in [-0.1, -0.05) is 20.3 Å². The number of unbranched alkanes of at least 4 members (excludes halogenated alkanes) is 1. The van der Waals surface area contributed by atoms with E-state index in [1.54, 1.807) is 0 Å². The van der Waals surface area contributed by atoms with Crippen LogP contribution in [0.25, 0.3) is 0 Å². The molecule has 0 aromatic heterocycles. The molecule has 84 valence electrons. The Kier molecular flexibility index (Phi) is 6.20. The molecule has 0 spiro atoms. The normalized spacial score (nSPS) is 22.9. The van der Waals surface area contributed by atoms with Crippen molar-refractivity contribution in [3.8, 4) is 0 Å². The smallest absolute Gasteiger partial charge is 0.110 e. The molecule has 0 N–H and O–H groups in total. The summed E-state index contributed by atoms with van der Waals surface area (Å²) in [5.41, 5.74) is 0. The predicted molar refractivity (Wildman–Crippen MR) is 60.4 cm³/mol. The second-order valence-electron chi connectivity index (χ2n) is 4.21. The third kappa shape index (κ3) is 3.97. The molecule has 0 aromatic rings. The molecule has 1 aliphatic rings. The number of hydrogen-bond donors (Lipinski definition) is 0. The van der Waals surface area contributed by atoms with Crippen molar-refractivity contribution < 1.29 is 4.74 Å². The molecule has 1 unspecified atom stereocenters. The summed E-state index contributed by atoms with van der Waals surface area (Å²) in [5, 5.41) is 0. The van der Waals surface area contributed by atoms with Crippen LogP contribution in [0.4, 0.5) is 0 Å². The fourth-order valence-corrected chi connectivity index (χ4v) is 2.06. The zero-order valence-corrected chi connectivity index (χ0v) is 9.80. The highest BCUT2D eigenvalue weighted by Crippen LogP contribution is 2.17. The standard InChI is InChI=1S/C12H25NO/c1-3-5-10-13(9-4-2)12-8-6-7-11-14-12/h12H,3-11H2,1-2H3. The summed E-state index contributed by atoms with van der Waals surface area (Å²) < 4.78 is 5.82. The Balaban J connectivity index is 2.30. The Hall–Kier alpha value is -0.0800. The van der Waals surface area contributed by atoms with Gasteiger partial charge >= 0.3 is 0 Å². The van der Waals surface area contributed by atoms with Crippen molar-refractivity contribution in [2.75, 3.05) is 19.7 Å². The lowest BCUT2D eigenvalue weighted by Crippen LogP contribution is -2.40. The number of rotatable bonds is 6. The first kappa shape index (κ1) is 12.0. The minimum Gasteiger partial charge on any atom is -0.363 e. The molecule has 2 heteroatoms. The van der Waals surface area contributed by atoms with Crippen molar-refractivity contribution in [3.63, 3.8) is 0 Å². The fraction of sp³-hybridized carbons (Fsp3) is 1.00. The lowest BCUT2D eigenvalue weighted by Gasteiger charge is -2.34. The molecule has 14 heavy (non-hydrogen) atoms. The van der Waals surface area contributed by atoms with Gasteiger partial charge in [0, 0.05) is 19.7 Å². The van der Waals surface area contributed by atoms with Gasteiger partial charge in [-0.25, -0.2) is 0 Å². The van der Waals surface area contributed by atoms with E-state index >= 15 is 0 Å². The van der Waals surface area contributed by atoms with Gasteiger partial charge in [-0.2, -0.15) is 0 Å². The average molecular weight is 199 g/mol. The summed E-state index contributed by atoms with van der Waals surface area (Å²) in [6.45, 7) is 7.89. The third-order valence-corrected chi connectivity index (χ3v) is 2.87. The van der Waals surface area contributed by atoms with Crippen LogP contribution < -0.4 is 0 Å². The largest absolute Gasteiger partial charge is 0.363 e. The fourth-order valence-electron chi connectivity index (χ4n) is 2.06. The van der Waals surface area contributed by atoms with E-state index in [4.69, 9.17) is 4.74 Å². The van der Waals surface area contributed by atoms with Crippen molar-refractivity contribution in [1.82, 2.24) is 4.90 Å². The second-order valence-corrected chi connectivity index (χ2v) is 4.21. The predicted octanol–water partition coefficient (Wildman–Crippen LogP) is 3.03. The van der Waals surface area contributed by atoms with Gasteiger partial charge in [0.1, 0.15) is 6.23 Å². The number of nitrogens with zero attached hydrogens (tertiary/aromatic N) is 1. The van der Waals surface area contributed by atoms with Crippen molar-refractivity contribution in [2.24, 2.45) is 0 Å². The molecule has 0 bridgehead atoms. The van der Waals surface area contributed by atoms with Crippen LogP contribution in [-0.4, -0.2) is 30.8 Å².